The summed E-state index contributed by atoms with van der Waals surface area (Å²) in [6.07, 6.45) is 0.888. The van der Waals surface area contributed by atoms with Crippen LogP contribution in [0.5, 0.6) is 17.2 Å². The van der Waals surface area contributed by atoms with E-state index in [4.69, 9.17) is 14.2 Å². The molecule has 0 spiro atoms. The molecule has 0 aliphatic carbocycles. The number of hydrogen-bond donors (Lipinski definition) is 2. The van der Waals surface area contributed by atoms with Crippen LogP contribution in [0, 0.1) is 0 Å². The molecule has 0 radical (unpaired) electrons. The third kappa shape index (κ3) is 4.35. The van der Waals surface area contributed by atoms with Crippen molar-refractivity contribution in [3.8, 4) is 17.2 Å². The smallest absolute Gasteiger partial charge is 0.195 e. The molecule has 2 aromatic carbocycles. The minimum absolute atomic E-state index is 0.605. The second kappa shape index (κ2) is 8.28. The van der Waals surface area contributed by atoms with Crippen molar-refractivity contribution in [2.75, 3.05) is 32.7 Å². The molecule has 1 aliphatic rings. The standard InChI is InChI=1S/C19H23N3O3/c1-20-19(21-13-14-6-3-4-7-16(14)23-2)22-15-8-9-17-18(12-15)25-11-5-10-24-17/h3-4,6-9,12H,5,10-11,13H2,1-2H3,(H2,20,21,22). The minimum atomic E-state index is 0.605. The Labute approximate surface area is 147 Å². The highest BCUT2D eigenvalue weighted by Crippen LogP contribution is 2.32. The monoisotopic (exact) mass is 341 g/mol. The Bertz CT molecular complexity index is 746. The lowest BCUT2D eigenvalue weighted by Crippen LogP contribution is -2.30. The second-order valence-corrected chi connectivity index (χ2v) is 5.57. The lowest BCUT2D eigenvalue weighted by Gasteiger charge is -2.15. The van der Waals surface area contributed by atoms with Crippen LogP contribution >= 0.6 is 0 Å². The molecule has 6 nitrogen and oxygen atoms in total. The summed E-state index contributed by atoms with van der Waals surface area (Å²) in [6, 6.07) is 13.7. The highest BCUT2D eigenvalue weighted by Gasteiger charge is 2.11. The van der Waals surface area contributed by atoms with E-state index in [0.717, 1.165) is 34.9 Å². The van der Waals surface area contributed by atoms with Crippen molar-refractivity contribution in [3.05, 3.63) is 48.0 Å². The van der Waals surface area contributed by atoms with Gasteiger partial charge in [-0.2, -0.15) is 0 Å². The Morgan fingerprint density at radius 3 is 2.72 bits per heavy atom. The maximum absolute atomic E-state index is 5.72. The average molecular weight is 341 g/mol. The van der Waals surface area contributed by atoms with E-state index in [0.29, 0.717) is 25.7 Å². The Hall–Kier alpha value is -2.89. The van der Waals surface area contributed by atoms with E-state index in [1.54, 1.807) is 14.2 Å². The zero-order valence-corrected chi connectivity index (χ0v) is 14.5. The summed E-state index contributed by atoms with van der Waals surface area (Å²) in [5.74, 6) is 3.05. The first-order chi connectivity index (χ1) is 12.3. The summed E-state index contributed by atoms with van der Waals surface area (Å²) in [5.41, 5.74) is 1.95. The SMILES string of the molecule is CN=C(NCc1ccccc1OC)Nc1ccc2c(c1)OCCCO2. The van der Waals surface area contributed by atoms with Crippen molar-refractivity contribution in [2.24, 2.45) is 4.99 Å². The Morgan fingerprint density at radius 1 is 1.12 bits per heavy atom. The number of aliphatic imine (C=N–C) groups is 1. The number of methoxy groups -OCH3 is 1. The number of benzene rings is 2. The summed E-state index contributed by atoms with van der Waals surface area (Å²) >= 11 is 0. The van der Waals surface area contributed by atoms with E-state index >= 15 is 0 Å². The Balaban J connectivity index is 1.65. The number of hydrogen-bond acceptors (Lipinski definition) is 4. The predicted molar refractivity (Wildman–Crippen MR) is 98.9 cm³/mol. The fraction of sp³-hybridized carbons (Fsp3) is 0.316. The van der Waals surface area contributed by atoms with E-state index in [-0.39, 0.29) is 0 Å². The second-order valence-electron chi connectivity index (χ2n) is 5.57. The van der Waals surface area contributed by atoms with Crippen molar-refractivity contribution < 1.29 is 14.2 Å². The fourth-order valence-electron chi connectivity index (χ4n) is 2.58. The van der Waals surface area contributed by atoms with E-state index in [2.05, 4.69) is 15.6 Å². The van der Waals surface area contributed by atoms with E-state index < -0.39 is 0 Å². The average Bonchev–Trinajstić information content (AvgIpc) is 2.90. The van der Waals surface area contributed by atoms with Gasteiger partial charge in [0.15, 0.2) is 17.5 Å². The molecule has 0 fully saturated rings. The van der Waals surface area contributed by atoms with Crippen molar-refractivity contribution in [3.63, 3.8) is 0 Å². The summed E-state index contributed by atoms with van der Waals surface area (Å²) in [5, 5.41) is 6.56. The number of para-hydroxylation sites is 1. The lowest BCUT2D eigenvalue weighted by molar-refractivity contribution is 0.297. The van der Waals surface area contributed by atoms with Gasteiger partial charge in [0, 0.05) is 37.3 Å². The minimum Gasteiger partial charge on any atom is -0.496 e. The van der Waals surface area contributed by atoms with Crippen molar-refractivity contribution in [1.82, 2.24) is 5.32 Å². The first-order valence-electron chi connectivity index (χ1n) is 8.29. The van der Waals surface area contributed by atoms with Gasteiger partial charge in [-0.1, -0.05) is 18.2 Å². The van der Waals surface area contributed by atoms with Gasteiger partial charge in [0.1, 0.15) is 5.75 Å². The zero-order valence-electron chi connectivity index (χ0n) is 14.5. The molecule has 0 aromatic heterocycles. The normalized spacial score (nSPS) is 13.8. The molecule has 3 rings (SSSR count). The number of nitrogens with one attached hydrogen (secondary N) is 2. The van der Waals surface area contributed by atoms with Crippen LogP contribution in [-0.4, -0.2) is 33.3 Å². The molecule has 1 aliphatic heterocycles. The molecular formula is C19H23N3O3. The van der Waals surface area contributed by atoms with E-state index in [9.17, 15) is 0 Å². The number of guanidine groups is 1. The topological polar surface area (TPSA) is 64.1 Å². The molecule has 25 heavy (non-hydrogen) atoms. The molecule has 0 unspecified atom stereocenters. The Kier molecular flexibility index (Phi) is 5.61. The number of nitrogens with zero attached hydrogens (tertiary/aromatic N) is 1. The first kappa shape index (κ1) is 17.0. The van der Waals surface area contributed by atoms with E-state index in [1.807, 2.05) is 42.5 Å². The summed E-state index contributed by atoms with van der Waals surface area (Å²) in [4.78, 5) is 4.27. The largest absolute Gasteiger partial charge is 0.496 e. The van der Waals surface area contributed by atoms with Crippen LogP contribution < -0.4 is 24.8 Å². The maximum atomic E-state index is 5.72. The highest BCUT2D eigenvalue weighted by atomic mass is 16.5. The number of anilines is 1. The van der Waals surface area contributed by atoms with Gasteiger partial charge in [0.05, 0.1) is 20.3 Å². The van der Waals surface area contributed by atoms with Crippen molar-refractivity contribution in [2.45, 2.75) is 13.0 Å². The zero-order chi connectivity index (χ0) is 17.5. The molecule has 0 bridgehead atoms. The van der Waals surface area contributed by atoms with Crippen LogP contribution in [0.3, 0.4) is 0 Å². The summed E-state index contributed by atoms with van der Waals surface area (Å²) < 4.78 is 16.7. The van der Waals surface area contributed by atoms with Gasteiger partial charge in [0.2, 0.25) is 0 Å². The number of rotatable bonds is 4. The van der Waals surface area contributed by atoms with Gasteiger partial charge in [-0.25, -0.2) is 0 Å². The number of ether oxygens (including phenoxy) is 3. The van der Waals surface area contributed by atoms with Gasteiger partial charge >= 0.3 is 0 Å². The summed E-state index contributed by atoms with van der Waals surface area (Å²) in [6.45, 7) is 1.95. The van der Waals surface area contributed by atoms with Crippen LogP contribution in [-0.2, 0) is 6.54 Å². The lowest BCUT2D eigenvalue weighted by atomic mass is 10.2. The molecule has 132 valence electrons. The van der Waals surface area contributed by atoms with Crippen molar-refractivity contribution >= 4 is 11.6 Å². The first-order valence-corrected chi connectivity index (χ1v) is 8.29. The van der Waals surface area contributed by atoms with Crippen LogP contribution in [0.1, 0.15) is 12.0 Å². The quantitative estimate of drug-likeness (QED) is 0.661. The van der Waals surface area contributed by atoms with Gasteiger partial charge < -0.3 is 24.8 Å². The van der Waals surface area contributed by atoms with Gasteiger partial charge in [0.25, 0.3) is 0 Å². The predicted octanol–water partition coefficient (Wildman–Crippen LogP) is 3.04. The van der Waals surface area contributed by atoms with Crippen LogP contribution in [0.2, 0.25) is 0 Å². The van der Waals surface area contributed by atoms with Gasteiger partial charge in [-0.05, 0) is 18.2 Å². The van der Waals surface area contributed by atoms with E-state index in [1.165, 1.54) is 0 Å². The third-order valence-electron chi connectivity index (χ3n) is 3.87. The molecule has 2 aromatic rings. The molecule has 2 N–H and O–H groups in total. The van der Waals surface area contributed by atoms with Gasteiger partial charge in [-0.15, -0.1) is 0 Å². The molecule has 0 amide bonds. The molecule has 0 saturated carbocycles. The van der Waals surface area contributed by atoms with Crippen LogP contribution in [0.15, 0.2) is 47.5 Å². The van der Waals surface area contributed by atoms with Gasteiger partial charge in [-0.3, -0.25) is 4.99 Å². The maximum Gasteiger partial charge on any atom is 0.195 e. The molecule has 0 saturated heterocycles. The van der Waals surface area contributed by atoms with Crippen molar-refractivity contribution in [1.29, 1.82) is 0 Å². The Morgan fingerprint density at radius 2 is 1.92 bits per heavy atom. The molecule has 1 heterocycles. The number of fused-ring (bicyclic) bond motifs is 1. The fourth-order valence-corrected chi connectivity index (χ4v) is 2.58. The third-order valence-corrected chi connectivity index (χ3v) is 3.87. The van der Waals surface area contributed by atoms with Crippen LogP contribution in [0.25, 0.3) is 0 Å². The highest BCUT2D eigenvalue weighted by molar-refractivity contribution is 5.93. The molecular weight excluding hydrogens is 318 g/mol. The van der Waals surface area contributed by atoms with Crippen LogP contribution in [0.4, 0.5) is 5.69 Å². The summed E-state index contributed by atoms with van der Waals surface area (Å²) in [7, 11) is 3.41. The molecule has 0 atom stereocenters. The molecule has 6 heteroatoms.